The fourth-order valence-electron chi connectivity index (χ4n) is 2.56. The van der Waals surface area contributed by atoms with Gasteiger partial charge in [0.2, 0.25) is 10.0 Å². The van der Waals surface area contributed by atoms with Gasteiger partial charge in [-0.1, -0.05) is 11.6 Å². The Labute approximate surface area is 162 Å². The topological polar surface area (TPSA) is 96.5 Å². The predicted octanol–water partition coefficient (Wildman–Crippen LogP) is 3.04. The van der Waals surface area contributed by atoms with Gasteiger partial charge in [-0.15, -0.1) is 0 Å². The van der Waals surface area contributed by atoms with Crippen LogP contribution in [0.25, 0.3) is 0 Å². The Kier molecular flexibility index (Phi) is 5.17. The quantitative estimate of drug-likeness (QED) is 0.688. The molecule has 1 aliphatic rings. The van der Waals surface area contributed by atoms with Crippen molar-refractivity contribution in [1.82, 2.24) is 4.72 Å². The number of hydrogen-bond acceptors (Lipinski definition) is 5. The van der Waals surface area contributed by atoms with Gasteiger partial charge < -0.3 is 15.4 Å². The van der Waals surface area contributed by atoms with Gasteiger partial charge in [-0.05, 0) is 36.4 Å². The Morgan fingerprint density at radius 3 is 2.57 bits per heavy atom. The molecule has 0 spiro atoms. The van der Waals surface area contributed by atoms with E-state index in [1.54, 1.807) is 0 Å². The van der Waals surface area contributed by atoms with Gasteiger partial charge in [0.15, 0.2) is 6.17 Å². The van der Waals surface area contributed by atoms with E-state index >= 15 is 0 Å². The van der Waals surface area contributed by atoms with Crippen LogP contribution in [0.4, 0.5) is 24.5 Å². The Morgan fingerprint density at radius 2 is 1.93 bits per heavy atom. The van der Waals surface area contributed by atoms with Crippen LogP contribution in [0.2, 0.25) is 5.02 Å². The van der Waals surface area contributed by atoms with Crippen molar-refractivity contribution in [2.75, 3.05) is 17.7 Å². The molecular formula is C16H13ClF3N3O4S. The minimum atomic E-state index is -4.67. The van der Waals surface area contributed by atoms with Crippen molar-refractivity contribution >= 4 is 38.9 Å². The van der Waals surface area contributed by atoms with Gasteiger partial charge in [0.05, 0.1) is 24.0 Å². The first kappa shape index (κ1) is 20.2. The van der Waals surface area contributed by atoms with Crippen LogP contribution in [0.5, 0.6) is 5.75 Å². The van der Waals surface area contributed by atoms with Crippen LogP contribution in [0.15, 0.2) is 41.3 Å². The Bertz CT molecular complexity index is 1040. The van der Waals surface area contributed by atoms with E-state index in [4.69, 9.17) is 16.3 Å². The molecule has 1 amide bonds. The monoisotopic (exact) mass is 435 g/mol. The van der Waals surface area contributed by atoms with Crippen LogP contribution in [-0.2, 0) is 21.0 Å². The Hall–Kier alpha value is -2.50. The van der Waals surface area contributed by atoms with Crippen molar-refractivity contribution in [1.29, 1.82) is 0 Å². The zero-order chi connectivity index (χ0) is 20.7. The molecule has 28 heavy (non-hydrogen) atoms. The lowest BCUT2D eigenvalue weighted by molar-refractivity contribution is -0.137. The summed E-state index contributed by atoms with van der Waals surface area (Å²) in [5, 5.41) is 5.17. The molecule has 0 unspecified atom stereocenters. The summed E-state index contributed by atoms with van der Waals surface area (Å²) in [6, 6.07) is 6.49. The minimum Gasteiger partial charge on any atom is -0.495 e. The second kappa shape index (κ2) is 7.15. The summed E-state index contributed by atoms with van der Waals surface area (Å²) in [6.45, 7) is 0. The summed E-state index contributed by atoms with van der Waals surface area (Å²) in [5.41, 5.74) is -1.23. The zero-order valence-corrected chi connectivity index (χ0v) is 15.7. The van der Waals surface area contributed by atoms with Gasteiger partial charge >= 0.3 is 6.18 Å². The third kappa shape index (κ3) is 4.01. The first-order valence-corrected chi connectivity index (χ1v) is 9.52. The van der Waals surface area contributed by atoms with E-state index in [0.717, 1.165) is 6.07 Å². The fourth-order valence-corrected chi connectivity index (χ4v) is 3.99. The molecule has 12 heteroatoms. The maximum absolute atomic E-state index is 12.9. The fraction of sp³-hybridized carbons (Fsp3) is 0.188. The number of nitrogens with one attached hydrogen (secondary N) is 3. The molecule has 150 valence electrons. The molecule has 2 aromatic rings. The highest BCUT2D eigenvalue weighted by atomic mass is 35.5. The maximum atomic E-state index is 12.9. The van der Waals surface area contributed by atoms with E-state index in [-0.39, 0.29) is 22.1 Å². The summed E-state index contributed by atoms with van der Waals surface area (Å²) < 4.78 is 70.5. The molecule has 1 atom stereocenters. The number of sulfonamides is 1. The number of benzene rings is 2. The summed E-state index contributed by atoms with van der Waals surface area (Å²) >= 11 is 5.87. The van der Waals surface area contributed by atoms with Crippen molar-refractivity contribution in [2.45, 2.75) is 17.2 Å². The van der Waals surface area contributed by atoms with Gasteiger partial charge in [-0.2, -0.15) is 17.9 Å². The summed E-state index contributed by atoms with van der Waals surface area (Å²) in [5.74, 6) is -0.608. The summed E-state index contributed by atoms with van der Waals surface area (Å²) in [4.78, 5) is 12.1. The summed E-state index contributed by atoms with van der Waals surface area (Å²) in [6.07, 6.45) is -6.22. The molecule has 0 fully saturated rings. The Balaban J connectivity index is 1.91. The standard InChI is InChI=1S/C16H13ClF3N3O4S/c1-27-12-4-3-9(17)7-10(12)22-15(24)14-21-11-6-8(16(18,19)20)2-5-13(11)28(25,26)23-14/h2-7,14,21,23H,1H3,(H,22,24)/t14-/m0/s1. The predicted molar refractivity (Wildman–Crippen MR) is 95.8 cm³/mol. The van der Waals surface area contributed by atoms with Crippen LogP contribution >= 0.6 is 11.6 Å². The number of anilines is 2. The molecule has 0 aromatic heterocycles. The molecule has 1 aliphatic heterocycles. The largest absolute Gasteiger partial charge is 0.495 e. The molecule has 3 N–H and O–H groups in total. The number of carbonyl (C=O) groups excluding carboxylic acids is 1. The first-order chi connectivity index (χ1) is 13.0. The number of rotatable bonds is 3. The number of carbonyl (C=O) groups is 1. The minimum absolute atomic E-state index is 0.163. The lowest BCUT2D eigenvalue weighted by atomic mass is 10.2. The lowest BCUT2D eigenvalue weighted by Crippen LogP contribution is -2.51. The average molecular weight is 436 g/mol. The summed E-state index contributed by atoms with van der Waals surface area (Å²) in [7, 11) is -2.86. The van der Waals surface area contributed by atoms with Crippen LogP contribution in [0, 0.1) is 0 Å². The van der Waals surface area contributed by atoms with E-state index in [1.165, 1.54) is 25.3 Å². The molecule has 2 aromatic carbocycles. The number of halogens is 4. The number of ether oxygens (including phenoxy) is 1. The SMILES string of the molecule is COc1ccc(Cl)cc1NC(=O)[C@H]1Nc2cc(C(F)(F)F)ccc2S(=O)(=O)N1. The molecule has 0 radical (unpaired) electrons. The maximum Gasteiger partial charge on any atom is 0.416 e. The number of amides is 1. The van der Waals surface area contributed by atoms with Crippen LogP contribution in [0.1, 0.15) is 5.56 Å². The van der Waals surface area contributed by atoms with Gasteiger partial charge in [-0.3, -0.25) is 4.79 Å². The van der Waals surface area contributed by atoms with Crippen molar-refractivity contribution < 1.29 is 31.1 Å². The molecule has 1 heterocycles. The van der Waals surface area contributed by atoms with Crippen LogP contribution in [0.3, 0.4) is 0 Å². The van der Waals surface area contributed by atoms with E-state index in [2.05, 4.69) is 15.4 Å². The first-order valence-electron chi connectivity index (χ1n) is 7.66. The van der Waals surface area contributed by atoms with Gasteiger partial charge in [0.25, 0.3) is 5.91 Å². The van der Waals surface area contributed by atoms with Crippen molar-refractivity contribution in [2.24, 2.45) is 0 Å². The van der Waals surface area contributed by atoms with Crippen molar-refractivity contribution in [3.63, 3.8) is 0 Å². The average Bonchev–Trinajstić information content (AvgIpc) is 2.60. The number of alkyl halides is 3. The van der Waals surface area contributed by atoms with Crippen molar-refractivity contribution in [3.05, 3.63) is 47.0 Å². The van der Waals surface area contributed by atoms with E-state index in [1.807, 2.05) is 0 Å². The van der Waals surface area contributed by atoms with Crippen molar-refractivity contribution in [3.8, 4) is 5.75 Å². The highest BCUT2D eigenvalue weighted by molar-refractivity contribution is 7.89. The zero-order valence-electron chi connectivity index (χ0n) is 14.1. The third-order valence-corrected chi connectivity index (χ3v) is 5.57. The highest BCUT2D eigenvalue weighted by Crippen LogP contribution is 2.35. The molecule has 0 aliphatic carbocycles. The van der Waals surface area contributed by atoms with Gasteiger partial charge in [-0.25, -0.2) is 8.42 Å². The van der Waals surface area contributed by atoms with Gasteiger partial charge in [0, 0.05) is 5.02 Å². The number of hydrogen-bond donors (Lipinski definition) is 3. The highest BCUT2D eigenvalue weighted by Gasteiger charge is 2.37. The van der Waals surface area contributed by atoms with Crippen LogP contribution < -0.4 is 20.1 Å². The molecule has 3 rings (SSSR count). The normalized spacial score (nSPS) is 18.0. The van der Waals surface area contributed by atoms with E-state index in [9.17, 15) is 26.4 Å². The van der Waals surface area contributed by atoms with Crippen LogP contribution in [-0.4, -0.2) is 27.6 Å². The van der Waals surface area contributed by atoms with E-state index in [0.29, 0.717) is 12.1 Å². The van der Waals surface area contributed by atoms with Gasteiger partial charge in [0.1, 0.15) is 10.6 Å². The molecular weight excluding hydrogens is 423 g/mol. The second-order valence-electron chi connectivity index (χ2n) is 5.74. The molecule has 7 nitrogen and oxygen atoms in total. The second-order valence-corrected chi connectivity index (χ2v) is 7.86. The molecule has 0 saturated heterocycles. The lowest BCUT2D eigenvalue weighted by Gasteiger charge is -2.28. The molecule has 0 saturated carbocycles. The van der Waals surface area contributed by atoms with E-state index < -0.39 is 38.7 Å². The number of methoxy groups -OCH3 is 1. The molecule has 0 bridgehead atoms. The number of fused-ring (bicyclic) bond motifs is 1. The smallest absolute Gasteiger partial charge is 0.416 e. The Morgan fingerprint density at radius 1 is 1.21 bits per heavy atom. The third-order valence-electron chi connectivity index (χ3n) is 3.85.